The van der Waals surface area contributed by atoms with Crippen LogP contribution in [0, 0.1) is 0 Å². The molecule has 1 aliphatic carbocycles. The van der Waals surface area contributed by atoms with Gasteiger partial charge in [0.1, 0.15) is 0 Å². The van der Waals surface area contributed by atoms with Crippen LogP contribution in [0.1, 0.15) is 32.1 Å². The van der Waals surface area contributed by atoms with E-state index in [4.69, 9.17) is 4.84 Å². The topological polar surface area (TPSA) is 13.1 Å². The fourth-order valence-corrected chi connectivity index (χ4v) is 2.65. The summed E-state index contributed by atoms with van der Waals surface area (Å²) in [6.07, 6.45) is 10.7. The third-order valence-corrected chi connectivity index (χ3v) is 3.73. The van der Waals surface area contributed by atoms with E-state index in [2.05, 4.69) is 36.4 Å². The van der Waals surface area contributed by atoms with E-state index in [9.17, 15) is 25.2 Å². The van der Waals surface area contributed by atoms with Crippen LogP contribution in [0.15, 0.2) is 54.9 Å². The van der Waals surface area contributed by atoms with Crippen molar-refractivity contribution in [3.8, 4) is 11.1 Å². The maximum Gasteiger partial charge on any atom is 0.223 e. The predicted molar refractivity (Wildman–Crippen MR) is 89.1 cm³/mol. The summed E-state index contributed by atoms with van der Waals surface area (Å²) in [6.45, 7) is 0. The zero-order valence-electron chi connectivity index (χ0n) is 13.9. The molecule has 0 N–H and O–H groups in total. The van der Waals surface area contributed by atoms with Gasteiger partial charge in [0.15, 0.2) is 6.10 Å². The SMILES string of the molecule is F[P-](F)(F)(F)(F)F.c1ccc(-c2cc[n+](OC3CCCCC3)cc2)cc1. The molecule has 1 aromatic heterocycles. The molecule has 26 heavy (non-hydrogen) atoms. The Balaban J connectivity index is 0.000000298. The van der Waals surface area contributed by atoms with Crippen LogP contribution >= 0.6 is 7.81 Å². The molecule has 3 rings (SSSR count). The first kappa shape index (κ1) is 20.5. The van der Waals surface area contributed by atoms with Gasteiger partial charge in [-0.25, -0.2) is 0 Å². The van der Waals surface area contributed by atoms with Crippen LogP contribution in [0.25, 0.3) is 11.1 Å². The Kier molecular flexibility index (Phi) is 5.57. The van der Waals surface area contributed by atoms with Crippen molar-refractivity contribution in [1.82, 2.24) is 0 Å². The third kappa shape index (κ3) is 9.61. The predicted octanol–water partition coefficient (Wildman–Crippen LogP) is 6.78. The summed E-state index contributed by atoms with van der Waals surface area (Å²) in [7, 11) is -10.7. The minimum absolute atomic E-state index is 0.390. The van der Waals surface area contributed by atoms with Crippen LogP contribution in [-0.4, -0.2) is 6.10 Å². The van der Waals surface area contributed by atoms with Gasteiger partial charge in [-0.3, -0.25) is 4.84 Å². The quantitative estimate of drug-likeness (QED) is 0.315. The molecule has 9 heteroatoms. The van der Waals surface area contributed by atoms with Crippen molar-refractivity contribution in [2.24, 2.45) is 0 Å². The van der Waals surface area contributed by atoms with Crippen molar-refractivity contribution < 1.29 is 34.7 Å². The molecule has 0 unspecified atom stereocenters. The standard InChI is InChI=1S/C17H20NO.F6P/c1-3-7-15(8-4-1)16-11-13-18(14-12-16)19-17-9-5-2-6-10-17;1-7(2,3,4,5)6/h1,3-4,7-8,11-14,17H,2,5-6,9-10H2;/q+1;-1. The van der Waals surface area contributed by atoms with Crippen LogP contribution in [0.2, 0.25) is 0 Å². The van der Waals surface area contributed by atoms with Crippen LogP contribution in [0.3, 0.4) is 0 Å². The van der Waals surface area contributed by atoms with Crippen LogP contribution in [0.4, 0.5) is 25.2 Å². The number of nitrogens with zero attached hydrogens (tertiary/aromatic N) is 1. The van der Waals surface area contributed by atoms with Gasteiger partial charge >= 0.3 is 33.0 Å². The molecule has 0 aliphatic heterocycles. The second-order valence-electron chi connectivity index (χ2n) is 6.14. The largest absolute Gasteiger partial charge is 0.268 e. The number of benzene rings is 1. The Labute approximate surface area is 147 Å². The summed E-state index contributed by atoms with van der Waals surface area (Å²) in [6, 6.07) is 14.6. The van der Waals surface area contributed by atoms with Gasteiger partial charge in [0, 0.05) is 16.9 Å². The molecule has 0 saturated heterocycles. The van der Waals surface area contributed by atoms with Crippen molar-refractivity contribution in [3.63, 3.8) is 0 Å². The van der Waals surface area contributed by atoms with Crippen LogP contribution in [0.5, 0.6) is 0 Å². The minimum Gasteiger partial charge on any atom is -0.268 e. The van der Waals surface area contributed by atoms with Gasteiger partial charge in [-0.1, -0.05) is 36.8 Å². The fraction of sp³-hybridized carbons (Fsp3) is 0.353. The first-order valence-electron chi connectivity index (χ1n) is 8.17. The van der Waals surface area contributed by atoms with E-state index in [1.54, 1.807) is 0 Å². The molecule has 146 valence electrons. The van der Waals surface area contributed by atoms with E-state index >= 15 is 0 Å². The monoisotopic (exact) mass is 399 g/mol. The molecule has 0 spiro atoms. The zero-order valence-corrected chi connectivity index (χ0v) is 14.8. The Morgan fingerprint density at radius 1 is 0.731 bits per heavy atom. The van der Waals surface area contributed by atoms with Crippen molar-refractivity contribution in [2.75, 3.05) is 0 Å². The normalized spacial score (nSPS) is 18.1. The van der Waals surface area contributed by atoms with Gasteiger partial charge in [-0.15, -0.1) is 0 Å². The second kappa shape index (κ2) is 7.06. The van der Waals surface area contributed by atoms with Crippen molar-refractivity contribution >= 4 is 7.81 Å². The Morgan fingerprint density at radius 2 is 1.19 bits per heavy atom. The average Bonchev–Trinajstić information content (AvgIpc) is 2.54. The second-order valence-corrected chi connectivity index (χ2v) is 8.05. The molecule has 0 bridgehead atoms. The van der Waals surface area contributed by atoms with E-state index in [0.29, 0.717) is 6.10 Å². The molecule has 1 fully saturated rings. The van der Waals surface area contributed by atoms with Gasteiger partial charge in [-0.05, 0) is 36.8 Å². The minimum atomic E-state index is -10.7. The number of pyridine rings is 1. The summed E-state index contributed by atoms with van der Waals surface area (Å²) < 4.78 is 61.0. The van der Waals surface area contributed by atoms with Gasteiger partial charge in [-0.2, -0.15) is 0 Å². The van der Waals surface area contributed by atoms with Crippen LogP contribution < -0.4 is 9.57 Å². The molecular weight excluding hydrogens is 379 g/mol. The zero-order chi connectivity index (χ0) is 19.3. The maximum atomic E-state index is 9.87. The van der Waals surface area contributed by atoms with E-state index in [-0.39, 0.29) is 0 Å². The molecule has 0 amide bonds. The van der Waals surface area contributed by atoms with Crippen LogP contribution in [-0.2, 0) is 0 Å². The van der Waals surface area contributed by atoms with Gasteiger partial charge in [0.05, 0.1) is 0 Å². The van der Waals surface area contributed by atoms with Gasteiger partial charge < -0.3 is 0 Å². The van der Waals surface area contributed by atoms with E-state index < -0.39 is 7.81 Å². The third-order valence-electron chi connectivity index (χ3n) is 3.73. The van der Waals surface area contributed by atoms with Crippen molar-refractivity contribution in [1.29, 1.82) is 0 Å². The molecule has 1 aliphatic rings. The smallest absolute Gasteiger partial charge is 0.223 e. The van der Waals surface area contributed by atoms with E-state index in [1.807, 2.05) is 23.2 Å². The molecule has 1 saturated carbocycles. The summed E-state index contributed by atoms with van der Waals surface area (Å²) >= 11 is 0. The number of hydrogen-bond acceptors (Lipinski definition) is 1. The number of rotatable bonds is 3. The average molecular weight is 399 g/mol. The molecule has 1 aromatic carbocycles. The van der Waals surface area contributed by atoms with E-state index in [0.717, 1.165) is 0 Å². The summed E-state index contributed by atoms with van der Waals surface area (Å²) in [4.78, 5) is 5.96. The Bertz CT molecular complexity index is 686. The fourth-order valence-electron chi connectivity index (χ4n) is 2.65. The number of aromatic nitrogens is 1. The first-order chi connectivity index (χ1) is 11.9. The Hall–Kier alpha value is -1.82. The summed E-state index contributed by atoms with van der Waals surface area (Å²) in [5.74, 6) is 0. The maximum absolute atomic E-state index is 10.7. The van der Waals surface area contributed by atoms with Crippen molar-refractivity contribution in [2.45, 2.75) is 38.2 Å². The van der Waals surface area contributed by atoms with E-state index in [1.165, 1.54) is 43.2 Å². The Morgan fingerprint density at radius 3 is 1.69 bits per heavy atom. The number of halogens is 6. The number of hydrogen-bond donors (Lipinski definition) is 0. The summed E-state index contributed by atoms with van der Waals surface area (Å²) in [5, 5.41) is 0. The van der Waals surface area contributed by atoms with Crippen molar-refractivity contribution in [3.05, 3.63) is 54.9 Å². The summed E-state index contributed by atoms with van der Waals surface area (Å²) in [5.41, 5.74) is 2.47. The first-order valence-corrected chi connectivity index (χ1v) is 10.2. The molecule has 0 atom stereocenters. The molecular formula is C17H20F6NOP. The van der Waals surface area contributed by atoms with Gasteiger partial charge in [0.25, 0.3) is 0 Å². The molecule has 2 nitrogen and oxygen atoms in total. The molecule has 2 aromatic rings. The molecule has 0 radical (unpaired) electrons. The molecule has 1 heterocycles. The van der Waals surface area contributed by atoms with Gasteiger partial charge in [0.2, 0.25) is 12.4 Å².